The highest BCUT2D eigenvalue weighted by atomic mass is 16.6. The van der Waals surface area contributed by atoms with E-state index < -0.39 is 6.10 Å². The van der Waals surface area contributed by atoms with Crippen LogP contribution < -0.4 is 0 Å². The van der Waals surface area contributed by atoms with E-state index >= 15 is 0 Å². The molecule has 0 aliphatic heterocycles. The van der Waals surface area contributed by atoms with Crippen molar-refractivity contribution in [2.45, 2.75) is 329 Å². The Balaban J connectivity index is 3.95. The third-order valence-electron chi connectivity index (χ3n) is 14.0. The summed E-state index contributed by atoms with van der Waals surface area (Å²) in [5.74, 6) is -0.863. The molecule has 1 unspecified atom stereocenters. The predicted molar refractivity (Wildman–Crippen MR) is 321 cm³/mol. The number of hydrogen-bond donors (Lipinski definition) is 0. The third kappa shape index (κ3) is 59.7. The maximum Gasteiger partial charge on any atom is 0.306 e. The summed E-state index contributed by atoms with van der Waals surface area (Å²) in [6, 6.07) is 0. The van der Waals surface area contributed by atoms with Gasteiger partial charge in [0.2, 0.25) is 0 Å². The zero-order valence-corrected chi connectivity index (χ0v) is 49.1. The maximum atomic E-state index is 12.8. The van der Waals surface area contributed by atoms with Crippen molar-refractivity contribution < 1.29 is 28.6 Å². The number of rotatable bonds is 58. The molecule has 0 aromatic rings. The summed E-state index contributed by atoms with van der Waals surface area (Å²) in [6.45, 7) is 6.50. The fourth-order valence-electron chi connectivity index (χ4n) is 9.21. The molecule has 0 saturated heterocycles. The van der Waals surface area contributed by atoms with E-state index in [1.807, 2.05) is 0 Å². The highest BCUT2D eigenvalue weighted by Crippen LogP contribution is 2.17. The zero-order valence-electron chi connectivity index (χ0n) is 49.1. The van der Waals surface area contributed by atoms with Gasteiger partial charge in [-0.3, -0.25) is 14.4 Å². The molecule has 0 aliphatic rings. The van der Waals surface area contributed by atoms with Crippen molar-refractivity contribution in [3.63, 3.8) is 0 Å². The smallest absolute Gasteiger partial charge is 0.306 e. The second-order valence-electron chi connectivity index (χ2n) is 21.3. The van der Waals surface area contributed by atoms with Crippen LogP contribution in [0, 0.1) is 0 Å². The normalized spacial score (nSPS) is 12.5. The van der Waals surface area contributed by atoms with Crippen molar-refractivity contribution in [2.75, 3.05) is 13.2 Å². The number of carbonyl (C=O) groups excluding carboxylic acids is 3. The Hall–Kier alpha value is -3.15. The predicted octanol–water partition coefficient (Wildman–Crippen LogP) is 21.7. The van der Waals surface area contributed by atoms with Gasteiger partial charge in [-0.1, -0.05) is 306 Å². The molecule has 0 aliphatic carbocycles. The average Bonchev–Trinajstić information content (AvgIpc) is 3.40. The quantitative estimate of drug-likeness (QED) is 0.0261. The molecule has 0 spiro atoms. The van der Waals surface area contributed by atoms with E-state index in [-0.39, 0.29) is 31.1 Å². The topological polar surface area (TPSA) is 78.9 Å². The Kier molecular flexibility index (Phi) is 59.7. The summed E-state index contributed by atoms with van der Waals surface area (Å²) in [6.07, 6.45) is 81.0. The van der Waals surface area contributed by atoms with Gasteiger partial charge in [0.05, 0.1) is 0 Å². The van der Waals surface area contributed by atoms with Crippen LogP contribution in [0.15, 0.2) is 72.9 Å². The van der Waals surface area contributed by atoms with Crippen LogP contribution in [0.25, 0.3) is 0 Å². The minimum absolute atomic E-state index is 0.0694. The van der Waals surface area contributed by atoms with Gasteiger partial charge in [0.15, 0.2) is 6.10 Å². The van der Waals surface area contributed by atoms with Gasteiger partial charge in [0.25, 0.3) is 0 Å². The van der Waals surface area contributed by atoms with Gasteiger partial charge >= 0.3 is 17.9 Å². The largest absolute Gasteiger partial charge is 0.462 e. The van der Waals surface area contributed by atoms with Gasteiger partial charge in [-0.2, -0.15) is 0 Å². The van der Waals surface area contributed by atoms with Gasteiger partial charge in [-0.15, -0.1) is 0 Å². The summed E-state index contributed by atoms with van der Waals surface area (Å²) in [5.41, 5.74) is 0. The molecule has 0 amide bonds. The Morgan fingerprint density at radius 3 is 0.824 bits per heavy atom. The molecule has 0 saturated carbocycles. The average molecular weight is 1030 g/mol. The number of carbonyl (C=O) groups is 3. The Bertz CT molecular complexity index is 1370. The van der Waals surface area contributed by atoms with Gasteiger partial charge in [0, 0.05) is 19.3 Å². The minimum Gasteiger partial charge on any atom is -0.462 e. The van der Waals surface area contributed by atoms with Crippen molar-refractivity contribution in [3.8, 4) is 0 Å². The maximum absolute atomic E-state index is 12.8. The van der Waals surface area contributed by atoms with E-state index in [4.69, 9.17) is 14.2 Å². The van der Waals surface area contributed by atoms with E-state index in [1.54, 1.807) is 0 Å². The van der Waals surface area contributed by atoms with Crippen molar-refractivity contribution in [1.82, 2.24) is 0 Å². The fourth-order valence-corrected chi connectivity index (χ4v) is 9.21. The molecule has 74 heavy (non-hydrogen) atoms. The van der Waals surface area contributed by atoms with Crippen LogP contribution in [-0.4, -0.2) is 37.2 Å². The summed E-state index contributed by atoms with van der Waals surface area (Å²) in [7, 11) is 0. The fraction of sp³-hybridized carbons (Fsp3) is 0.779. The highest BCUT2D eigenvalue weighted by Gasteiger charge is 2.19. The lowest BCUT2D eigenvalue weighted by Gasteiger charge is -2.18. The van der Waals surface area contributed by atoms with E-state index in [1.165, 1.54) is 186 Å². The van der Waals surface area contributed by atoms with Gasteiger partial charge in [0.1, 0.15) is 13.2 Å². The Morgan fingerprint density at radius 2 is 0.527 bits per heavy atom. The van der Waals surface area contributed by atoms with Crippen molar-refractivity contribution in [2.24, 2.45) is 0 Å². The molecule has 0 heterocycles. The molecule has 6 heteroatoms. The molecular weight excluding hydrogens is 913 g/mol. The van der Waals surface area contributed by atoms with Crippen LogP contribution in [0.1, 0.15) is 323 Å². The molecule has 0 bridgehead atoms. The van der Waals surface area contributed by atoms with E-state index in [0.29, 0.717) is 19.3 Å². The lowest BCUT2D eigenvalue weighted by atomic mass is 10.0. The van der Waals surface area contributed by atoms with E-state index in [9.17, 15) is 14.4 Å². The highest BCUT2D eigenvalue weighted by molar-refractivity contribution is 5.71. The first-order chi connectivity index (χ1) is 36.5. The minimum atomic E-state index is -0.767. The number of ether oxygens (including phenoxy) is 3. The molecule has 0 radical (unpaired) electrons. The van der Waals surface area contributed by atoms with Crippen LogP contribution in [0.2, 0.25) is 0 Å². The molecule has 0 fully saturated rings. The first kappa shape index (κ1) is 70.8. The second-order valence-corrected chi connectivity index (χ2v) is 21.3. The van der Waals surface area contributed by atoms with Gasteiger partial charge in [-0.25, -0.2) is 0 Å². The molecule has 0 N–H and O–H groups in total. The Labute approximate surface area is 459 Å². The van der Waals surface area contributed by atoms with Crippen molar-refractivity contribution in [3.05, 3.63) is 72.9 Å². The second kappa shape index (κ2) is 62.4. The lowest BCUT2D eigenvalue weighted by molar-refractivity contribution is -0.167. The molecular formula is C68H120O6. The van der Waals surface area contributed by atoms with Gasteiger partial charge in [-0.05, 0) is 70.6 Å². The first-order valence-electron chi connectivity index (χ1n) is 31.9. The lowest BCUT2D eigenvalue weighted by Crippen LogP contribution is -2.30. The monoisotopic (exact) mass is 1030 g/mol. The third-order valence-corrected chi connectivity index (χ3v) is 14.0. The van der Waals surface area contributed by atoms with Crippen LogP contribution in [0.3, 0.4) is 0 Å². The standard InChI is InChI=1S/C68H120O6/c1-4-7-10-13-16-18-20-22-24-25-26-27-28-29-30-31-32-33-34-35-36-37-38-39-40-41-42-43-45-46-48-50-52-55-58-61-67(70)73-64-65(63-72-66(69)60-57-54-15-12-9-6-3)74-68(71)62-59-56-53-51-49-47-44-23-21-19-17-14-11-8-5-2/h7,10,16,18,22,24,26-27,29-30,32-33,65H,4-6,8-9,11-15,17,19-21,23,25,28,31,34-64H2,1-3H3/b10-7-,18-16-,24-22-,27-26-,30-29-,33-32-. The van der Waals surface area contributed by atoms with Crippen molar-refractivity contribution in [1.29, 1.82) is 0 Å². The van der Waals surface area contributed by atoms with E-state index in [2.05, 4.69) is 93.7 Å². The van der Waals surface area contributed by atoms with E-state index in [0.717, 1.165) is 96.3 Å². The SMILES string of the molecule is CC/C=C\C/C=C\C/C=C\C/C=C\C/C=C\C/C=C\CCCCCCCCCCCCCCCCCCC(=O)OCC(COC(=O)CCCCCCCC)OC(=O)CCCCCCCCCCCCCCCCC. The van der Waals surface area contributed by atoms with Crippen LogP contribution in [0.5, 0.6) is 0 Å². The molecule has 428 valence electrons. The summed E-state index contributed by atoms with van der Waals surface area (Å²) in [5, 5.41) is 0. The number of esters is 3. The zero-order chi connectivity index (χ0) is 53.6. The molecule has 0 aromatic heterocycles. The summed E-state index contributed by atoms with van der Waals surface area (Å²) >= 11 is 0. The molecule has 0 rings (SSSR count). The summed E-state index contributed by atoms with van der Waals surface area (Å²) in [4.78, 5) is 37.9. The number of allylic oxidation sites excluding steroid dienone is 12. The number of hydrogen-bond acceptors (Lipinski definition) is 6. The van der Waals surface area contributed by atoms with Crippen LogP contribution in [-0.2, 0) is 28.6 Å². The Morgan fingerprint density at radius 1 is 0.284 bits per heavy atom. The van der Waals surface area contributed by atoms with Crippen LogP contribution >= 0.6 is 0 Å². The summed E-state index contributed by atoms with van der Waals surface area (Å²) < 4.78 is 16.8. The first-order valence-corrected chi connectivity index (χ1v) is 31.9. The van der Waals surface area contributed by atoms with Crippen LogP contribution in [0.4, 0.5) is 0 Å². The van der Waals surface area contributed by atoms with Crippen molar-refractivity contribution >= 4 is 17.9 Å². The molecule has 6 nitrogen and oxygen atoms in total. The molecule has 1 atom stereocenters. The number of unbranched alkanes of at least 4 members (excludes halogenated alkanes) is 35. The van der Waals surface area contributed by atoms with Gasteiger partial charge < -0.3 is 14.2 Å². The molecule has 0 aromatic carbocycles.